The summed E-state index contributed by atoms with van der Waals surface area (Å²) in [5, 5.41) is 3.17. The summed E-state index contributed by atoms with van der Waals surface area (Å²) in [7, 11) is 1.90. The Hall–Kier alpha value is -0.430. The van der Waals surface area contributed by atoms with Crippen LogP contribution in [-0.2, 0) is 11.2 Å². The second kappa shape index (κ2) is 7.54. The van der Waals surface area contributed by atoms with Crippen molar-refractivity contribution in [2.45, 2.75) is 53.6 Å². The first-order chi connectivity index (χ1) is 9.35. The molecule has 0 amide bonds. The van der Waals surface area contributed by atoms with E-state index in [1.54, 1.807) is 0 Å². The van der Waals surface area contributed by atoms with Crippen molar-refractivity contribution in [1.29, 1.82) is 0 Å². The average Bonchev–Trinajstić information content (AvgIpc) is 2.37. The molecule has 0 spiro atoms. The number of nitrogens with one attached hydrogen (secondary N) is 1. The van der Waals surface area contributed by atoms with E-state index in [0.29, 0.717) is 6.61 Å². The van der Waals surface area contributed by atoms with E-state index in [1.807, 2.05) is 14.0 Å². The van der Waals surface area contributed by atoms with Crippen molar-refractivity contribution >= 4 is 28.4 Å². The number of hydrogen-bond donors (Lipinski definition) is 1. The molecule has 1 heterocycles. The van der Waals surface area contributed by atoms with Crippen LogP contribution in [0.25, 0.3) is 0 Å². The van der Waals surface area contributed by atoms with E-state index in [1.165, 1.54) is 0 Å². The van der Waals surface area contributed by atoms with Gasteiger partial charge < -0.3 is 10.1 Å². The van der Waals surface area contributed by atoms with Crippen LogP contribution >= 0.6 is 22.6 Å². The summed E-state index contributed by atoms with van der Waals surface area (Å²) in [5.41, 5.74) is 1.08. The van der Waals surface area contributed by atoms with Gasteiger partial charge in [-0.3, -0.25) is 0 Å². The molecule has 0 aliphatic rings. The molecule has 5 heteroatoms. The number of nitrogens with zero attached hydrogens (tertiary/aromatic N) is 2. The van der Waals surface area contributed by atoms with Crippen LogP contribution in [0.4, 0.5) is 5.82 Å². The van der Waals surface area contributed by atoms with Gasteiger partial charge in [0.1, 0.15) is 11.9 Å². The minimum Gasteiger partial charge on any atom is -0.372 e. The lowest BCUT2D eigenvalue weighted by atomic mass is 9.88. The Balaban J connectivity index is 3.31. The largest absolute Gasteiger partial charge is 0.372 e. The molecule has 0 aliphatic carbocycles. The summed E-state index contributed by atoms with van der Waals surface area (Å²) in [5.74, 6) is 1.68. The van der Waals surface area contributed by atoms with Crippen LogP contribution in [0.5, 0.6) is 0 Å². The van der Waals surface area contributed by atoms with Gasteiger partial charge in [0.25, 0.3) is 0 Å². The molecule has 1 aromatic heterocycles. The summed E-state index contributed by atoms with van der Waals surface area (Å²) >= 11 is 2.32. The van der Waals surface area contributed by atoms with E-state index in [-0.39, 0.29) is 11.5 Å². The van der Waals surface area contributed by atoms with E-state index in [0.717, 1.165) is 33.7 Å². The standard InChI is InChI=1S/C15H26IN3O/c1-7-9-10-11(16)13(17-6)19-14(18-10)12(20-8-2)15(3,4)5/h12H,7-9H2,1-6H3,(H,17,18,19). The van der Waals surface area contributed by atoms with Crippen LogP contribution in [0, 0.1) is 8.99 Å². The molecule has 4 nitrogen and oxygen atoms in total. The van der Waals surface area contributed by atoms with Crippen molar-refractivity contribution in [3.05, 3.63) is 15.1 Å². The Labute approximate surface area is 136 Å². The molecule has 20 heavy (non-hydrogen) atoms. The van der Waals surface area contributed by atoms with Gasteiger partial charge in [0.15, 0.2) is 5.82 Å². The summed E-state index contributed by atoms with van der Waals surface area (Å²) in [6, 6.07) is 0. The minimum absolute atomic E-state index is 0.0305. The van der Waals surface area contributed by atoms with Crippen LogP contribution in [0.3, 0.4) is 0 Å². The molecule has 1 rings (SSSR count). The first kappa shape index (κ1) is 17.6. The molecule has 1 N–H and O–H groups in total. The average molecular weight is 391 g/mol. The summed E-state index contributed by atoms with van der Waals surface area (Å²) in [4.78, 5) is 9.44. The quantitative estimate of drug-likeness (QED) is 0.739. The van der Waals surface area contributed by atoms with Gasteiger partial charge in [0.2, 0.25) is 0 Å². The fourth-order valence-electron chi connectivity index (χ4n) is 2.08. The maximum absolute atomic E-state index is 5.91. The van der Waals surface area contributed by atoms with Crippen LogP contribution in [-0.4, -0.2) is 23.6 Å². The summed E-state index contributed by atoms with van der Waals surface area (Å²) in [6.45, 7) is 11.3. The molecule has 0 aromatic carbocycles. The predicted octanol–water partition coefficient (Wildman–Crippen LogP) is 4.20. The zero-order valence-corrected chi connectivity index (χ0v) is 15.5. The highest BCUT2D eigenvalue weighted by Gasteiger charge is 2.30. The third kappa shape index (κ3) is 4.28. The van der Waals surface area contributed by atoms with Crippen molar-refractivity contribution in [2.75, 3.05) is 19.0 Å². The van der Waals surface area contributed by atoms with E-state index in [9.17, 15) is 0 Å². The number of halogens is 1. The van der Waals surface area contributed by atoms with Crippen molar-refractivity contribution in [2.24, 2.45) is 5.41 Å². The number of aromatic nitrogens is 2. The Bertz CT molecular complexity index is 443. The molecule has 1 atom stereocenters. The predicted molar refractivity (Wildman–Crippen MR) is 92.1 cm³/mol. The third-order valence-corrected chi connectivity index (χ3v) is 4.15. The molecule has 0 fully saturated rings. The molecule has 0 saturated carbocycles. The molecule has 0 saturated heterocycles. The van der Waals surface area contributed by atoms with E-state index in [4.69, 9.17) is 9.72 Å². The Kier molecular flexibility index (Phi) is 6.64. The monoisotopic (exact) mass is 391 g/mol. The number of ether oxygens (including phenoxy) is 1. The molecule has 0 bridgehead atoms. The SMILES string of the molecule is CCCc1nc(C(OCC)C(C)(C)C)nc(NC)c1I. The minimum atomic E-state index is -0.0905. The molecule has 1 unspecified atom stereocenters. The summed E-state index contributed by atoms with van der Waals surface area (Å²) < 4.78 is 7.02. The zero-order valence-electron chi connectivity index (χ0n) is 13.4. The summed E-state index contributed by atoms with van der Waals surface area (Å²) in [6.07, 6.45) is 1.95. The highest BCUT2D eigenvalue weighted by Crippen LogP contribution is 2.35. The third-order valence-electron chi connectivity index (χ3n) is 3.02. The normalized spacial score (nSPS) is 13.3. The number of aryl methyl sites for hydroxylation is 1. The second-order valence-corrected chi connectivity index (χ2v) is 6.97. The van der Waals surface area contributed by atoms with Gasteiger partial charge in [-0.1, -0.05) is 34.1 Å². The van der Waals surface area contributed by atoms with E-state index >= 15 is 0 Å². The number of anilines is 1. The van der Waals surface area contributed by atoms with Crippen molar-refractivity contribution in [3.63, 3.8) is 0 Å². The maximum atomic E-state index is 5.91. The second-order valence-electron chi connectivity index (χ2n) is 5.89. The van der Waals surface area contributed by atoms with Gasteiger partial charge in [-0.25, -0.2) is 9.97 Å². The molecule has 0 radical (unpaired) electrons. The highest BCUT2D eigenvalue weighted by molar-refractivity contribution is 14.1. The number of rotatable bonds is 6. The lowest BCUT2D eigenvalue weighted by molar-refractivity contribution is -0.0191. The first-order valence-electron chi connectivity index (χ1n) is 7.20. The lowest BCUT2D eigenvalue weighted by Crippen LogP contribution is -2.25. The first-order valence-corrected chi connectivity index (χ1v) is 8.28. The van der Waals surface area contributed by atoms with Gasteiger partial charge in [0.05, 0.1) is 9.26 Å². The Morgan fingerprint density at radius 3 is 2.35 bits per heavy atom. The van der Waals surface area contributed by atoms with Gasteiger partial charge >= 0.3 is 0 Å². The Morgan fingerprint density at radius 2 is 1.90 bits per heavy atom. The van der Waals surface area contributed by atoms with Gasteiger partial charge in [-0.15, -0.1) is 0 Å². The van der Waals surface area contributed by atoms with Crippen LogP contribution in [0.15, 0.2) is 0 Å². The van der Waals surface area contributed by atoms with Gasteiger partial charge in [-0.05, 0) is 41.4 Å². The molecule has 1 aromatic rings. The van der Waals surface area contributed by atoms with Crippen LogP contribution < -0.4 is 5.32 Å². The number of hydrogen-bond acceptors (Lipinski definition) is 4. The Morgan fingerprint density at radius 1 is 1.25 bits per heavy atom. The van der Waals surface area contributed by atoms with Crippen LogP contribution in [0.2, 0.25) is 0 Å². The maximum Gasteiger partial charge on any atom is 0.160 e. The highest BCUT2D eigenvalue weighted by atomic mass is 127. The van der Waals surface area contributed by atoms with E-state index < -0.39 is 0 Å². The molecule has 0 aliphatic heterocycles. The topological polar surface area (TPSA) is 47.0 Å². The smallest absolute Gasteiger partial charge is 0.160 e. The van der Waals surface area contributed by atoms with Crippen LogP contribution in [0.1, 0.15) is 58.7 Å². The fourth-order valence-corrected chi connectivity index (χ4v) is 2.86. The molecular formula is C15H26IN3O. The van der Waals surface area contributed by atoms with E-state index in [2.05, 4.69) is 60.6 Å². The van der Waals surface area contributed by atoms with Crippen molar-refractivity contribution < 1.29 is 4.74 Å². The van der Waals surface area contributed by atoms with Gasteiger partial charge in [-0.2, -0.15) is 0 Å². The zero-order chi connectivity index (χ0) is 15.3. The lowest BCUT2D eigenvalue weighted by Gasteiger charge is -2.29. The molecular weight excluding hydrogens is 365 g/mol. The van der Waals surface area contributed by atoms with Crippen molar-refractivity contribution in [1.82, 2.24) is 9.97 Å². The molecule has 114 valence electrons. The van der Waals surface area contributed by atoms with Gasteiger partial charge in [0, 0.05) is 13.7 Å². The fraction of sp³-hybridized carbons (Fsp3) is 0.733. The van der Waals surface area contributed by atoms with Crippen molar-refractivity contribution in [3.8, 4) is 0 Å².